The smallest absolute Gasteiger partial charge is 0.0926 e. The molecule has 0 bridgehead atoms. The summed E-state index contributed by atoms with van der Waals surface area (Å²) in [7, 11) is 2.00. The molecule has 0 saturated heterocycles. The third-order valence-corrected chi connectivity index (χ3v) is 3.41. The van der Waals surface area contributed by atoms with Crippen LogP contribution >= 0.6 is 0 Å². The summed E-state index contributed by atoms with van der Waals surface area (Å²) in [4.78, 5) is 0. The van der Waals surface area contributed by atoms with Crippen LogP contribution in [-0.2, 0) is 12.5 Å². The lowest BCUT2D eigenvalue weighted by atomic mass is 9.85. The van der Waals surface area contributed by atoms with Crippen molar-refractivity contribution in [3.63, 3.8) is 0 Å². The number of hydrogen-bond donors (Lipinski definition) is 1. The van der Waals surface area contributed by atoms with Crippen LogP contribution in [0.4, 0.5) is 0 Å². The molecule has 96 valence electrons. The van der Waals surface area contributed by atoms with Gasteiger partial charge in [-0.2, -0.15) is 5.10 Å². The summed E-state index contributed by atoms with van der Waals surface area (Å²) in [6.07, 6.45) is 0.959. The van der Waals surface area contributed by atoms with E-state index in [9.17, 15) is 0 Å². The Labute approximate surface area is 109 Å². The highest BCUT2D eigenvalue weighted by Gasteiger charge is 2.24. The minimum Gasteiger partial charge on any atom is -0.330 e. The molecule has 1 aromatic carbocycles. The maximum Gasteiger partial charge on any atom is 0.0926 e. The molecule has 0 amide bonds. The highest BCUT2D eigenvalue weighted by Crippen LogP contribution is 2.29. The van der Waals surface area contributed by atoms with Crippen LogP contribution < -0.4 is 5.73 Å². The molecule has 18 heavy (non-hydrogen) atoms. The maximum absolute atomic E-state index is 5.69. The second kappa shape index (κ2) is 4.94. The van der Waals surface area contributed by atoms with Crippen molar-refractivity contribution in [2.24, 2.45) is 12.8 Å². The van der Waals surface area contributed by atoms with Crippen LogP contribution in [0.3, 0.4) is 0 Å². The van der Waals surface area contributed by atoms with E-state index in [0.717, 1.165) is 17.7 Å². The largest absolute Gasteiger partial charge is 0.330 e. The van der Waals surface area contributed by atoms with Crippen molar-refractivity contribution in [1.29, 1.82) is 0 Å². The Hall–Kier alpha value is -1.61. The van der Waals surface area contributed by atoms with Crippen LogP contribution in [0.5, 0.6) is 0 Å². The molecule has 3 nitrogen and oxygen atoms in total. The molecule has 0 fully saturated rings. The van der Waals surface area contributed by atoms with E-state index in [1.807, 2.05) is 29.9 Å². The molecule has 2 N–H and O–H groups in total. The number of nitrogens with zero attached hydrogens (tertiary/aromatic N) is 2. The lowest BCUT2D eigenvalue weighted by molar-refractivity contribution is 0.447. The Morgan fingerprint density at radius 1 is 1.22 bits per heavy atom. The number of rotatable bonds is 4. The van der Waals surface area contributed by atoms with Gasteiger partial charge in [-0.3, -0.25) is 4.68 Å². The standard InChI is InChI=1S/C15H21N3/c1-15(2,9-10-16)14-11-13(17-18(14)3)12-7-5-4-6-8-12/h4-8,11H,9-10,16H2,1-3H3. The number of hydrogen-bond acceptors (Lipinski definition) is 2. The summed E-state index contributed by atoms with van der Waals surface area (Å²) in [5.74, 6) is 0. The van der Waals surface area contributed by atoms with Crippen molar-refractivity contribution >= 4 is 0 Å². The molecule has 0 spiro atoms. The van der Waals surface area contributed by atoms with Crippen molar-refractivity contribution in [2.45, 2.75) is 25.7 Å². The molecule has 0 unspecified atom stereocenters. The molecule has 0 aliphatic carbocycles. The predicted molar refractivity (Wildman–Crippen MR) is 75.3 cm³/mol. The predicted octanol–water partition coefficient (Wildman–Crippen LogP) is 2.71. The van der Waals surface area contributed by atoms with Crippen LogP contribution in [0.15, 0.2) is 36.4 Å². The number of nitrogens with two attached hydrogens (primary N) is 1. The Bertz CT molecular complexity index is 512. The molecular weight excluding hydrogens is 222 g/mol. The first-order chi connectivity index (χ1) is 8.54. The molecule has 0 aliphatic rings. The minimum absolute atomic E-state index is 0.0591. The van der Waals surface area contributed by atoms with E-state index in [0.29, 0.717) is 6.54 Å². The monoisotopic (exact) mass is 243 g/mol. The molecule has 1 heterocycles. The van der Waals surface area contributed by atoms with Crippen LogP contribution in [0.1, 0.15) is 26.0 Å². The Morgan fingerprint density at radius 3 is 2.50 bits per heavy atom. The first-order valence-corrected chi connectivity index (χ1v) is 6.34. The van der Waals surface area contributed by atoms with E-state index in [2.05, 4.69) is 37.1 Å². The summed E-state index contributed by atoms with van der Waals surface area (Å²) in [6, 6.07) is 12.4. The lowest BCUT2D eigenvalue weighted by Crippen LogP contribution is -2.24. The summed E-state index contributed by atoms with van der Waals surface area (Å²) < 4.78 is 1.97. The fourth-order valence-corrected chi connectivity index (χ4v) is 2.34. The molecule has 0 saturated carbocycles. The van der Waals surface area contributed by atoms with Gasteiger partial charge in [-0.05, 0) is 19.0 Å². The molecule has 2 rings (SSSR count). The molecule has 1 aromatic heterocycles. The summed E-state index contributed by atoms with van der Waals surface area (Å²) in [5, 5.41) is 4.61. The Balaban J connectivity index is 2.39. The number of aryl methyl sites for hydroxylation is 1. The summed E-state index contributed by atoms with van der Waals surface area (Å²) in [5.41, 5.74) is 9.16. The van der Waals surface area contributed by atoms with Gasteiger partial charge in [0.05, 0.1) is 5.69 Å². The van der Waals surface area contributed by atoms with Crippen molar-refractivity contribution in [3.05, 3.63) is 42.1 Å². The summed E-state index contributed by atoms with van der Waals surface area (Å²) in [6.45, 7) is 5.12. The van der Waals surface area contributed by atoms with Gasteiger partial charge in [0, 0.05) is 23.7 Å². The molecule has 0 radical (unpaired) electrons. The highest BCUT2D eigenvalue weighted by atomic mass is 15.3. The van der Waals surface area contributed by atoms with E-state index < -0.39 is 0 Å². The molecule has 0 aliphatic heterocycles. The Morgan fingerprint density at radius 2 is 1.89 bits per heavy atom. The zero-order valence-electron chi connectivity index (χ0n) is 11.4. The van der Waals surface area contributed by atoms with Gasteiger partial charge >= 0.3 is 0 Å². The van der Waals surface area contributed by atoms with Gasteiger partial charge in [0.1, 0.15) is 0 Å². The van der Waals surface area contributed by atoms with E-state index in [4.69, 9.17) is 5.73 Å². The Kier molecular flexibility index (Phi) is 3.53. The van der Waals surface area contributed by atoms with Crippen molar-refractivity contribution < 1.29 is 0 Å². The first-order valence-electron chi connectivity index (χ1n) is 6.34. The summed E-state index contributed by atoms with van der Waals surface area (Å²) >= 11 is 0. The van der Waals surface area contributed by atoms with Crippen LogP contribution in [-0.4, -0.2) is 16.3 Å². The quantitative estimate of drug-likeness (QED) is 0.897. The van der Waals surface area contributed by atoms with Gasteiger partial charge in [0.25, 0.3) is 0 Å². The van der Waals surface area contributed by atoms with Gasteiger partial charge in [-0.15, -0.1) is 0 Å². The van der Waals surface area contributed by atoms with E-state index in [1.165, 1.54) is 5.69 Å². The SMILES string of the molecule is Cn1nc(-c2ccccc2)cc1C(C)(C)CCN. The first kappa shape index (κ1) is 12.8. The van der Waals surface area contributed by atoms with E-state index >= 15 is 0 Å². The van der Waals surface area contributed by atoms with Crippen LogP contribution in [0, 0.1) is 0 Å². The normalized spacial score (nSPS) is 11.8. The minimum atomic E-state index is 0.0591. The van der Waals surface area contributed by atoms with Crippen molar-refractivity contribution in [1.82, 2.24) is 9.78 Å². The van der Waals surface area contributed by atoms with Crippen molar-refractivity contribution in [3.8, 4) is 11.3 Å². The third-order valence-electron chi connectivity index (χ3n) is 3.41. The second-order valence-corrected chi connectivity index (χ2v) is 5.33. The fourth-order valence-electron chi connectivity index (χ4n) is 2.34. The maximum atomic E-state index is 5.69. The van der Waals surface area contributed by atoms with Gasteiger partial charge in [0.2, 0.25) is 0 Å². The van der Waals surface area contributed by atoms with Crippen molar-refractivity contribution in [2.75, 3.05) is 6.54 Å². The number of aromatic nitrogens is 2. The van der Waals surface area contributed by atoms with Gasteiger partial charge in [-0.25, -0.2) is 0 Å². The van der Waals surface area contributed by atoms with Crippen LogP contribution in [0.25, 0.3) is 11.3 Å². The van der Waals surface area contributed by atoms with E-state index in [-0.39, 0.29) is 5.41 Å². The van der Waals surface area contributed by atoms with Gasteiger partial charge in [-0.1, -0.05) is 44.2 Å². The fraction of sp³-hybridized carbons (Fsp3) is 0.400. The highest BCUT2D eigenvalue weighted by molar-refractivity contribution is 5.59. The zero-order valence-corrected chi connectivity index (χ0v) is 11.4. The van der Waals surface area contributed by atoms with Crippen LogP contribution in [0.2, 0.25) is 0 Å². The molecule has 2 aromatic rings. The molecular formula is C15H21N3. The molecule has 3 heteroatoms. The zero-order chi connectivity index (χ0) is 13.2. The average molecular weight is 243 g/mol. The second-order valence-electron chi connectivity index (χ2n) is 5.33. The van der Waals surface area contributed by atoms with Gasteiger partial charge < -0.3 is 5.73 Å². The average Bonchev–Trinajstić information content (AvgIpc) is 2.73. The topological polar surface area (TPSA) is 43.8 Å². The third kappa shape index (κ3) is 2.46. The lowest BCUT2D eigenvalue weighted by Gasteiger charge is -2.23. The molecule has 0 atom stereocenters. The number of benzene rings is 1. The van der Waals surface area contributed by atoms with E-state index in [1.54, 1.807) is 0 Å². The van der Waals surface area contributed by atoms with Gasteiger partial charge in [0.15, 0.2) is 0 Å².